The fourth-order valence-electron chi connectivity index (χ4n) is 6.84. The molecule has 0 radical (unpaired) electrons. The average Bonchev–Trinajstić information content (AvgIpc) is 3.24. The van der Waals surface area contributed by atoms with Crippen LogP contribution in [-0.4, -0.2) is 68.5 Å². The summed E-state index contributed by atoms with van der Waals surface area (Å²) in [6.45, 7) is 4.48. The topological polar surface area (TPSA) is 108 Å². The molecule has 0 aliphatic heterocycles. The van der Waals surface area contributed by atoms with Gasteiger partial charge in [0, 0.05) is 6.42 Å². The van der Waals surface area contributed by atoms with Gasteiger partial charge in [-0.1, -0.05) is 202 Å². The van der Waals surface area contributed by atoms with Crippen LogP contribution in [0.3, 0.4) is 0 Å². The van der Waals surface area contributed by atoms with Crippen LogP contribution in [0.1, 0.15) is 200 Å². The second-order valence-electron chi connectivity index (χ2n) is 18.1. The maximum atomic E-state index is 12.9. The molecule has 0 aliphatic carbocycles. The van der Waals surface area contributed by atoms with Crippen molar-refractivity contribution in [2.75, 3.05) is 40.9 Å². The van der Waals surface area contributed by atoms with Crippen molar-refractivity contribution < 1.29 is 32.9 Å². The first-order valence-electron chi connectivity index (χ1n) is 25.4. The summed E-state index contributed by atoms with van der Waals surface area (Å²) >= 11 is 0. The molecule has 0 aromatic rings. The van der Waals surface area contributed by atoms with Crippen LogP contribution in [0.2, 0.25) is 0 Å². The van der Waals surface area contributed by atoms with E-state index in [1.54, 1.807) is 6.08 Å². The maximum Gasteiger partial charge on any atom is 0.268 e. The SMILES string of the molecule is CC/C=C\C/C=C\C/C=C\C/C=C\C/C=C\CCCCCCCCCCCCCCCC(=O)NC(COP(=O)([O-])OCC[N+](C)(C)C)C(O)/C=C/CC/C=C/CCCCCCCC. The molecule has 2 N–H and O–H groups in total. The van der Waals surface area contributed by atoms with E-state index in [4.69, 9.17) is 9.05 Å². The van der Waals surface area contributed by atoms with Crippen molar-refractivity contribution in [2.24, 2.45) is 0 Å². The zero-order valence-corrected chi connectivity index (χ0v) is 42.1. The van der Waals surface area contributed by atoms with Gasteiger partial charge >= 0.3 is 0 Å². The summed E-state index contributed by atoms with van der Waals surface area (Å²) in [7, 11) is 1.23. The van der Waals surface area contributed by atoms with Gasteiger partial charge in [-0.05, 0) is 77.0 Å². The Morgan fingerprint density at radius 2 is 0.984 bits per heavy atom. The van der Waals surface area contributed by atoms with Crippen LogP contribution in [0.5, 0.6) is 0 Å². The van der Waals surface area contributed by atoms with Crippen LogP contribution in [0.25, 0.3) is 0 Å². The standard InChI is InChI=1S/C54H97N2O6P/c1-6-8-10-12-14-16-18-20-21-22-23-24-25-26-27-28-29-30-31-32-33-34-35-36-38-40-42-44-46-48-54(58)55-52(51-62-63(59,60)61-50-49-56(3,4)5)53(57)47-45-43-41-39-37-19-17-15-13-11-9-7-2/h8,10,14,16,20-21,23-24,26-27,37,39,45,47,52-53,57H,6-7,9,11-13,15,17-19,22,25,28-36,38,40-44,46,48-51H2,1-5H3,(H-,55,58,59,60)/b10-8-,16-14-,21-20-,24-23-,27-26-,39-37+,47-45+. The van der Waals surface area contributed by atoms with Crippen molar-refractivity contribution in [3.8, 4) is 0 Å². The third-order valence-electron chi connectivity index (χ3n) is 10.8. The van der Waals surface area contributed by atoms with Crippen molar-refractivity contribution in [1.29, 1.82) is 0 Å². The largest absolute Gasteiger partial charge is 0.756 e. The number of phosphoric ester groups is 1. The number of aliphatic hydroxyl groups excluding tert-OH is 1. The molecule has 8 nitrogen and oxygen atoms in total. The monoisotopic (exact) mass is 901 g/mol. The first kappa shape index (κ1) is 60.7. The van der Waals surface area contributed by atoms with Crippen molar-refractivity contribution >= 4 is 13.7 Å². The Balaban J connectivity index is 4.18. The lowest BCUT2D eigenvalue weighted by Crippen LogP contribution is -2.45. The highest BCUT2D eigenvalue weighted by Crippen LogP contribution is 2.38. The van der Waals surface area contributed by atoms with Crippen molar-refractivity contribution in [2.45, 2.75) is 212 Å². The van der Waals surface area contributed by atoms with Crippen LogP contribution >= 0.6 is 7.82 Å². The molecule has 0 bridgehead atoms. The molecule has 0 saturated carbocycles. The molecule has 0 fully saturated rings. The second-order valence-corrected chi connectivity index (χ2v) is 19.5. The predicted octanol–water partition coefficient (Wildman–Crippen LogP) is 14.3. The Morgan fingerprint density at radius 3 is 1.48 bits per heavy atom. The number of hydrogen-bond acceptors (Lipinski definition) is 6. The van der Waals surface area contributed by atoms with E-state index in [0.29, 0.717) is 17.4 Å². The number of aliphatic hydroxyl groups is 1. The fourth-order valence-corrected chi connectivity index (χ4v) is 7.56. The molecule has 9 heteroatoms. The van der Waals surface area contributed by atoms with Crippen LogP contribution < -0.4 is 10.2 Å². The number of carbonyl (C=O) groups is 1. The van der Waals surface area contributed by atoms with E-state index in [-0.39, 0.29) is 12.5 Å². The molecule has 0 aromatic heterocycles. The minimum Gasteiger partial charge on any atom is -0.756 e. The number of quaternary nitrogens is 1. The first-order chi connectivity index (χ1) is 30.5. The molecular formula is C54H97N2O6P. The Hall–Kier alpha value is -2.32. The molecular weight excluding hydrogens is 804 g/mol. The predicted molar refractivity (Wildman–Crippen MR) is 270 cm³/mol. The number of phosphoric acid groups is 1. The quantitative estimate of drug-likeness (QED) is 0.0273. The normalized spacial score (nSPS) is 14.8. The van der Waals surface area contributed by atoms with Crippen molar-refractivity contribution in [3.63, 3.8) is 0 Å². The van der Waals surface area contributed by atoms with E-state index in [1.807, 2.05) is 27.2 Å². The van der Waals surface area contributed by atoms with E-state index >= 15 is 0 Å². The van der Waals surface area contributed by atoms with Gasteiger partial charge in [-0.3, -0.25) is 9.36 Å². The van der Waals surface area contributed by atoms with Gasteiger partial charge in [-0.25, -0.2) is 0 Å². The number of rotatable bonds is 45. The summed E-state index contributed by atoms with van der Waals surface area (Å²) in [5.41, 5.74) is 0. The molecule has 364 valence electrons. The number of hydrogen-bond donors (Lipinski definition) is 2. The molecule has 1 amide bonds. The third-order valence-corrected chi connectivity index (χ3v) is 11.8. The van der Waals surface area contributed by atoms with E-state index in [0.717, 1.165) is 70.6 Å². The maximum absolute atomic E-state index is 12.9. The van der Waals surface area contributed by atoms with Crippen molar-refractivity contribution in [3.05, 3.63) is 85.1 Å². The molecule has 0 heterocycles. The van der Waals surface area contributed by atoms with Gasteiger partial charge < -0.3 is 28.8 Å². The van der Waals surface area contributed by atoms with Crippen molar-refractivity contribution in [1.82, 2.24) is 5.32 Å². The number of likely N-dealkylation sites (N-methyl/N-ethyl adjacent to an activating group) is 1. The summed E-state index contributed by atoms with van der Waals surface area (Å²) in [5.74, 6) is -0.213. The molecule has 0 rings (SSSR count). The summed E-state index contributed by atoms with van der Waals surface area (Å²) in [4.78, 5) is 25.4. The van der Waals surface area contributed by atoms with Crippen LogP contribution in [0.15, 0.2) is 85.1 Å². The Morgan fingerprint density at radius 1 is 0.571 bits per heavy atom. The zero-order chi connectivity index (χ0) is 46.4. The Bertz CT molecular complexity index is 1300. The number of carbonyl (C=O) groups excluding carboxylic acids is 1. The second kappa shape index (κ2) is 44.9. The lowest BCUT2D eigenvalue weighted by molar-refractivity contribution is -0.870. The molecule has 0 aromatic carbocycles. The zero-order valence-electron chi connectivity index (χ0n) is 41.2. The smallest absolute Gasteiger partial charge is 0.268 e. The Kier molecular flexibility index (Phi) is 43.2. The number of nitrogens with zero attached hydrogens (tertiary/aromatic N) is 1. The van der Waals surface area contributed by atoms with Gasteiger partial charge in [0.2, 0.25) is 5.91 Å². The van der Waals surface area contributed by atoms with Crippen LogP contribution in [0, 0.1) is 0 Å². The summed E-state index contributed by atoms with van der Waals surface area (Å²) in [5, 5.41) is 13.8. The third kappa shape index (κ3) is 47.5. The number of unbranched alkanes of at least 4 members (excludes halogenated alkanes) is 20. The summed E-state index contributed by atoms with van der Waals surface area (Å²) < 4.78 is 23.2. The van der Waals surface area contributed by atoms with Crippen LogP contribution in [-0.2, 0) is 18.4 Å². The highest BCUT2D eigenvalue weighted by atomic mass is 31.2. The van der Waals surface area contributed by atoms with E-state index < -0.39 is 26.6 Å². The van der Waals surface area contributed by atoms with E-state index in [9.17, 15) is 19.4 Å². The molecule has 3 unspecified atom stereocenters. The van der Waals surface area contributed by atoms with Gasteiger partial charge in [-0.15, -0.1) is 0 Å². The number of allylic oxidation sites excluding steroid dienone is 13. The lowest BCUT2D eigenvalue weighted by atomic mass is 10.0. The average molecular weight is 901 g/mol. The Labute approximate surface area is 388 Å². The van der Waals surface area contributed by atoms with E-state index in [1.165, 1.54) is 109 Å². The molecule has 0 saturated heterocycles. The first-order valence-corrected chi connectivity index (χ1v) is 26.9. The summed E-state index contributed by atoms with van der Waals surface area (Å²) in [6.07, 6.45) is 62.2. The van der Waals surface area contributed by atoms with Crippen LogP contribution in [0.4, 0.5) is 0 Å². The lowest BCUT2D eigenvalue weighted by Gasteiger charge is -2.29. The van der Waals surface area contributed by atoms with E-state index in [2.05, 4.69) is 92.1 Å². The van der Waals surface area contributed by atoms with Gasteiger partial charge in [-0.2, -0.15) is 0 Å². The number of nitrogens with one attached hydrogen (secondary N) is 1. The minimum atomic E-state index is -4.60. The summed E-state index contributed by atoms with van der Waals surface area (Å²) in [6, 6.07) is -0.907. The van der Waals surface area contributed by atoms with Gasteiger partial charge in [0.1, 0.15) is 13.2 Å². The van der Waals surface area contributed by atoms with Gasteiger partial charge in [0.05, 0.1) is 39.9 Å². The number of amides is 1. The highest BCUT2D eigenvalue weighted by Gasteiger charge is 2.23. The fraction of sp³-hybridized carbons (Fsp3) is 0.722. The highest BCUT2D eigenvalue weighted by molar-refractivity contribution is 7.45. The van der Waals surface area contributed by atoms with Gasteiger partial charge in [0.15, 0.2) is 0 Å². The van der Waals surface area contributed by atoms with Gasteiger partial charge in [0.25, 0.3) is 7.82 Å². The molecule has 0 spiro atoms. The minimum absolute atomic E-state index is 0.00987. The molecule has 63 heavy (non-hydrogen) atoms. The molecule has 3 atom stereocenters. The molecule has 0 aliphatic rings.